The molecule has 3 nitrogen and oxygen atoms in total. The normalized spacial score (nSPS) is 15.5. The molecule has 0 saturated carbocycles. The Morgan fingerprint density at radius 2 is 1.52 bits per heavy atom. The van der Waals surface area contributed by atoms with Gasteiger partial charge in [0.1, 0.15) is 0 Å². The maximum Gasteiger partial charge on any atom is 0.0524 e. The van der Waals surface area contributed by atoms with E-state index in [1.54, 1.807) is 0 Å². The van der Waals surface area contributed by atoms with Crippen molar-refractivity contribution in [3.05, 3.63) is 18.0 Å². The molecule has 144 valence electrons. The van der Waals surface area contributed by atoms with Gasteiger partial charge in [-0.1, -0.05) is 78.1 Å². The van der Waals surface area contributed by atoms with Crippen LogP contribution < -0.4 is 0 Å². The average molecular weight is 348 g/mol. The van der Waals surface area contributed by atoms with E-state index in [4.69, 9.17) is 0 Å². The van der Waals surface area contributed by atoms with Crippen molar-refractivity contribution in [1.82, 2.24) is 14.7 Å². The van der Waals surface area contributed by atoms with Gasteiger partial charge < -0.3 is 0 Å². The third kappa shape index (κ3) is 7.52. The van der Waals surface area contributed by atoms with Crippen LogP contribution in [0.15, 0.2) is 12.3 Å². The molecule has 0 spiro atoms. The minimum atomic E-state index is 0.782. The summed E-state index contributed by atoms with van der Waals surface area (Å²) in [6.45, 7) is 8.06. The van der Waals surface area contributed by atoms with Crippen LogP contribution >= 0.6 is 0 Å². The highest BCUT2D eigenvalue weighted by Crippen LogP contribution is 2.22. The maximum atomic E-state index is 4.49. The molecule has 0 aromatic carbocycles. The van der Waals surface area contributed by atoms with E-state index in [0.717, 1.165) is 19.1 Å². The summed E-state index contributed by atoms with van der Waals surface area (Å²) < 4.78 is 2.22. The first kappa shape index (κ1) is 20.5. The van der Waals surface area contributed by atoms with Gasteiger partial charge in [-0.2, -0.15) is 5.10 Å². The molecule has 1 aromatic rings. The van der Waals surface area contributed by atoms with Gasteiger partial charge in [0.2, 0.25) is 0 Å². The third-order valence-corrected chi connectivity index (χ3v) is 5.78. The van der Waals surface area contributed by atoms with Crippen LogP contribution in [0, 0.1) is 0 Å². The second-order valence-electron chi connectivity index (χ2n) is 7.93. The highest BCUT2D eigenvalue weighted by molar-refractivity contribution is 5.02. The Bertz CT molecular complexity index is 426. The van der Waals surface area contributed by atoms with Crippen LogP contribution in [0.5, 0.6) is 0 Å². The molecular formula is C22H41N3. The van der Waals surface area contributed by atoms with Crippen LogP contribution in [0.4, 0.5) is 0 Å². The van der Waals surface area contributed by atoms with Gasteiger partial charge in [-0.25, -0.2) is 0 Å². The van der Waals surface area contributed by atoms with Crippen LogP contribution in [-0.2, 0) is 13.1 Å². The lowest BCUT2D eigenvalue weighted by Gasteiger charge is -2.30. The molecule has 0 radical (unpaired) electrons. The van der Waals surface area contributed by atoms with E-state index in [9.17, 15) is 0 Å². The standard InChI is InChI=1S/C22H41N3/c1-3-5-7-9-11-14-21(15-12-10-8-6-4-2)24-18-13-19-25-22(20-24)16-17-23-25/h16-17,21H,3-15,18-20H2,1-2H3. The summed E-state index contributed by atoms with van der Waals surface area (Å²) in [6, 6.07) is 3.00. The molecule has 0 amide bonds. The fourth-order valence-corrected chi connectivity index (χ4v) is 4.19. The predicted molar refractivity (Wildman–Crippen MR) is 108 cm³/mol. The van der Waals surface area contributed by atoms with E-state index in [1.165, 1.54) is 95.7 Å². The van der Waals surface area contributed by atoms with E-state index in [2.05, 4.69) is 34.6 Å². The Balaban J connectivity index is 1.83. The summed E-state index contributed by atoms with van der Waals surface area (Å²) in [7, 11) is 0. The third-order valence-electron chi connectivity index (χ3n) is 5.78. The predicted octanol–water partition coefficient (Wildman–Crippen LogP) is 6.18. The van der Waals surface area contributed by atoms with Crippen molar-refractivity contribution in [3.8, 4) is 0 Å². The Labute approximate surface area is 156 Å². The quantitative estimate of drug-likeness (QED) is 0.397. The van der Waals surface area contributed by atoms with Gasteiger partial charge in [-0.05, 0) is 25.3 Å². The molecule has 2 heterocycles. The number of hydrogen-bond donors (Lipinski definition) is 0. The smallest absolute Gasteiger partial charge is 0.0524 e. The molecule has 0 bridgehead atoms. The van der Waals surface area contributed by atoms with E-state index in [1.807, 2.05) is 6.20 Å². The summed E-state index contributed by atoms with van der Waals surface area (Å²) in [5, 5.41) is 4.49. The van der Waals surface area contributed by atoms with Crippen LogP contribution in [0.2, 0.25) is 0 Å². The second kappa shape index (κ2) is 12.5. The lowest BCUT2D eigenvalue weighted by Crippen LogP contribution is -2.35. The summed E-state index contributed by atoms with van der Waals surface area (Å²) in [5.41, 5.74) is 1.42. The average Bonchev–Trinajstić information content (AvgIpc) is 2.96. The Kier molecular flexibility index (Phi) is 10.3. The number of aryl methyl sites for hydroxylation is 1. The molecule has 1 aliphatic heterocycles. The van der Waals surface area contributed by atoms with E-state index < -0.39 is 0 Å². The fraction of sp³-hybridized carbons (Fsp3) is 0.864. The molecule has 2 rings (SSSR count). The molecule has 3 heteroatoms. The van der Waals surface area contributed by atoms with Crippen LogP contribution in [-0.4, -0.2) is 27.3 Å². The van der Waals surface area contributed by atoms with Crippen molar-refractivity contribution in [2.75, 3.05) is 6.54 Å². The van der Waals surface area contributed by atoms with Crippen LogP contribution in [0.3, 0.4) is 0 Å². The minimum absolute atomic E-state index is 0.782. The van der Waals surface area contributed by atoms with Crippen molar-refractivity contribution in [2.45, 2.75) is 116 Å². The summed E-state index contributed by atoms with van der Waals surface area (Å²) in [4.78, 5) is 2.78. The number of unbranched alkanes of at least 4 members (excludes halogenated alkanes) is 8. The van der Waals surface area contributed by atoms with Crippen LogP contribution in [0.1, 0.15) is 103 Å². The molecule has 0 atom stereocenters. The second-order valence-corrected chi connectivity index (χ2v) is 7.93. The van der Waals surface area contributed by atoms with Crippen molar-refractivity contribution < 1.29 is 0 Å². The first-order valence-electron chi connectivity index (χ1n) is 11.1. The largest absolute Gasteiger partial charge is 0.295 e. The highest BCUT2D eigenvalue weighted by atomic mass is 15.3. The van der Waals surface area contributed by atoms with Crippen LogP contribution in [0.25, 0.3) is 0 Å². The zero-order valence-corrected chi connectivity index (χ0v) is 16.9. The molecule has 0 N–H and O–H groups in total. The minimum Gasteiger partial charge on any atom is -0.295 e. The molecule has 1 aliphatic rings. The van der Waals surface area contributed by atoms with Crippen molar-refractivity contribution in [1.29, 1.82) is 0 Å². The van der Waals surface area contributed by atoms with Gasteiger partial charge in [0.25, 0.3) is 0 Å². The lowest BCUT2D eigenvalue weighted by atomic mass is 9.98. The maximum absolute atomic E-state index is 4.49. The molecule has 25 heavy (non-hydrogen) atoms. The summed E-state index contributed by atoms with van der Waals surface area (Å²) in [6.07, 6.45) is 20.0. The first-order chi connectivity index (χ1) is 12.3. The van der Waals surface area contributed by atoms with Gasteiger partial charge in [-0.3, -0.25) is 9.58 Å². The Morgan fingerprint density at radius 3 is 2.16 bits per heavy atom. The van der Waals surface area contributed by atoms with Gasteiger partial charge in [0.15, 0.2) is 0 Å². The number of rotatable bonds is 13. The summed E-state index contributed by atoms with van der Waals surface area (Å²) in [5.74, 6) is 0. The molecule has 0 fully saturated rings. The number of fused-ring (bicyclic) bond motifs is 1. The molecule has 1 aromatic heterocycles. The van der Waals surface area contributed by atoms with Gasteiger partial charge in [-0.15, -0.1) is 0 Å². The van der Waals surface area contributed by atoms with Crippen molar-refractivity contribution in [2.24, 2.45) is 0 Å². The summed E-state index contributed by atoms with van der Waals surface area (Å²) >= 11 is 0. The molecule has 0 saturated heterocycles. The molecular weight excluding hydrogens is 306 g/mol. The molecule has 0 unspecified atom stereocenters. The lowest BCUT2D eigenvalue weighted by molar-refractivity contribution is 0.164. The first-order valence-corrected chi connectivity index (χ1v) is 11.1. The zero-order chi connectivity index (χ0) is 17.7. The topological polar surface area (TPSA) is 21.1 Å². The van der Waals surface area contributed by atoms with Gasteiger partial charge in [0, 0.05) is 31.9 Å². The highest BCUT2D eigenvalue weighted by Gasteiger charge is 2.21. The SMILES string of the molecule is CCCCCCCC(CCCCCCC)N1CCCn2nccc2C1. The van der Waals surface area contributed by atoms with Crippen molar-refractivity contribution in [3.63, 3.8) is 0 Å². The number of hydrogen-bond acceptors (Lipinski definition) is 2. The van der Waals surface area contributed by atoms with E-state index in [0.29, 0.717) is 0 Å². The zero-order valence-electron chi connectivity index (χ0n) is 16.9. The van der Waals surface area contributed by atoms with E-state index in [-0.39, 0.29) is 0 Å². The fourth-order valence-electron chi connectivity index (χ4n) is 4.19. The number of aromatic nitrogens is 2. The monoisotopic (exact) mass is 347 g/mol. The van der Waals surface area contributed by atoms with Crippen molar-refractivity contribution >= 4 is 0 Å². The van der Waals surface area contributed by atoms with E-state index >= 15 is 0 Å². The molecule has 0 aliphatic carbocycles. The Hall–Kier alpha value is -0.830. The van der Waals surface area contributed by atoms with Gasteiger partial charge >= 0.3 is 0 Å². The van der Waals surface area contributed by atoms with Gasteiger partial charge in [0.05, 0.1) is 5.69 Å². The number of nitrogens with zero attached hydrogens (tertiary/aromatic N) is 3. The Morgan fingerprint density at radius 1 is 0.880 bits per heavy atom.